The summed E-state index contributed by atoms with van der Waals surface area (Å²) in [6, 6.07) is 6.70. The molecule has 0 amide bonds. The lowest BCUT2D eigenvalue weighted by atomic mass is 10.1. The Labute approximate surface area is 154 Å². The summed E-state index contributed by atoms with van der Waals surface area (Å²) in [6.07, 6.45) is -0.442. The van der Waals surface area contributed by atoms with E-state index in [4.69, 9.17) is 9.25 Å². The van der Waals surface area contributed by atoms with E-state index in [-0.39, 0.29) is 22.1 Å². The average molecular weight is 372 g/mol. The fraction of sp³-hybridized carbons (Fsp3) is 0.316. The van der Waals surface area contributed by atoms with E-state index in [1.54, 1.807) is 12.1 Å². The first-order valence-corrected chi connectivity index (χ1v) is 8.54. The number of fused-ring (bicyclic) bond motifs is 2. The van der Waals surface area contributed by atoms with Gasteiger partial charge in [-0.25, -0.2) is 9.78 Å². The first-order chi connectivity index (χ1) is 12.8. The maximum atomic E-state index is 12.7. The third-order valence-corrected chi connectivity index (χ3v) is 4.15. The second-order valence-electron chi connectivity index (χ2n) is 6.19. The second kappa shape index (κ2) is 7.43. The van der Waals surface area contributed by atoms with Crippen molar-refractivity contribution >= 4 is 28.0 Å². The molecule has 2 heterocycles. The maximum absolute atomic E-state index is 12.7. The van der Waals surface area contributed by atoms with Gasteiger partial charge in [0.15, 0.2) is 11.1 Å². The minimum Gasteiger partial charge on any atom is -0.454 e. The predicted octanol–water partition coefficient (Wildman–Crippen LogP) is 1.95. The van der Waals surface area contributed by atoms with Gasteiger partial charge in [-0.1, -0.05) is 18.1 Å². The first-order valence-electron chi connectivity index (χ1n) is 8.54. The van der Waals surface area contributed by atoms with Crippen LogP contribution in [0, 0.1) is 0 Å². The number of pyridine rings is 1. The molecule has 0 bridgehead atoms. The van der Waals surface area contributed by atoms with Crippen molar-refractivity contribution in [3.63, 3.8) is 0 Å². The van der Waals surface area contributed by atoms with Gasteiger partial charge in [0, 0.05) is 6.20 Å². The smallest absolute Gasteiger partial charge is 0.358 e. The number of benzene rings is 1. The van der Waals surface area contributed by atoms with Gasteiger partial charge in [0.25, 0.3) is 0 Å². The van der Waals surface area contributed by atoms with Crippen molar-refractivity contribution in [2.45, 2.75) is 39.6 Å². The largest absolute Gasteiger partial charge is 0.454 e. The highest BCUT2D eigenvalue weighted by molar-refractivity contribution is 5.94. The zero-order valence-electron chi connectivity index (χ0n) is 15.2. The topological polar surface area (TPSA) is 113 Å². The quantitative estimate of drug-likeness (QED) is 0.397. The molecule has 0 fully saturated rings. The molecule has 2 unspecified atom stereocenters. The Kier molecular flexibility index (Phi) is 5.22. The molecule has 3 aromatic rings. The van der Waals surface area contributed by atoms with E-state index in [0.29, 0.717) is 11.0 Å². The number of hydrogen-bond acceptors (Lipinski definition) is 8. The number of carbonyl (C=O) groups is 1. The van der Waals surface area contributed by atoms with Crippen molar-refractivity contribution in [3.8, 4) is 0 Å². The van der Waals surface area contributed by atoms with E-state index in [0.717, 1.165) is 17.0 Å². The van der Waals surface area contributed by atoms with Gasteiger partial charge in [0.2, 0.25) is 5.43 Å². The van der Waals surface area contributed by atoms with Crippen LogP contribution >= 0.6 is 0 Å². The maximum Gasteiger partial charge on any atom is 0.358 e. The summed E-state index contributed by atoms with van der Waals surface area (Å²) < 4.78 is 5.73. The van der Waals surface area contributed by atoms with Crippen LogP contribution in [0.2, 0.25) is 0 Å². The standard InChI is InChI=1S/C19H20N2O6/c1-4-12-5-6-15-14(7-12)18(24)17-16(26-15)8-13(9-20-17)19(25)27-21(10(2)22)11(3)23/h5-11,22-23H,4H2,1-3H3. The van der Waals surface area contributed by atoms with Crippen molar-refractivity contribution in [2.75, 3.05) is 0 Å². The fourth-order valence-electron chi connectivity index (χ4n) is 2.73. The molecule has 0 saturated carbocycles. The summed E-state index contributed by atoms with van der Waals surface area (Å²) >= 11 is 0. The van der Waals surface area contributed by atoms with Gasteiger partial charge >= 0.3 is 5.97 Å². The Balaban J connectivity index is 2.03. The third kappa shape index (κ3) is 3.68. The summed E-state index contributed by atoms with van der Waals surface area (Å²) in [5.74, 6) is -0.852. The SMILES string of the molecule is CCc1ccc2oc3cc(C(=O)ON(C(C)O)C(C)O)cnc3c(=O)c2c1. The summed E-state index contributed by atoms with van der Waals surface area (Å²) in [5.41, 5.74) is 1.39. The number of aliphatic hydroxyl groups is 2. The highest BCUT2D eigenvalue weighted by Gasteiger charge is 2.23. The Morgan fingerprint density at radius 1 is 1.22 bits per heavy atom. The second-order valence-corrected chi connectivity index (χ2v) is 6.19. The lowest BCUT2D eigenvalue weighted by Gasteiger charge is -2.25. The van der Waals surface area contributed by atoms with Gasteiger partial charge in [-0.2, -0.15) is 0 Å². The molecule has 27 heavy (non-hydrogen) atoms. The van der Waals surface area contributed by atoms with Gasteiger partial charge in [-0.3, -0.25) is 4.79 Å². The molecular weight excluding hydrogens is 352 g/mol. The molecule has 0 aliphatic rings. The summed E-state index contributed by atoms with van der Waals surface area (Å²) in [5, 5.41) is 20.3. The van der Waals surface area contributed by atoms with Crippen LogP contribution in [0.4, 0.5) is 0 Å². The van der Waals surface area contributed by atoms with Gasteiger partial charge < -0.3 is 19.5 Å². The van der Waals surface area contributed by atoms with Crippen LogP contribution in [0.1, 0.15) is 36.7 Å². The van der Waals surface area contributed by atoms with Crippen LogP contribution in [0.5, 0.6) is 0 Å². The Bertz CT molecular complexity index is 1050. The van der Waals surface area contributed by atoms with Crippen molar-refractivity contribution < 1.29 is 24.3 Å². The number of hydrogen-bond donors (Lipinski definition) is 2. The molecule has 0 spiro atoms. The van der Waals surface area contributed by atoms with Gasteiger partial charge in [-0.15, -0.1) is 0 Å². The highest BCUT2D eigenvalue weighted by Crippen LogP contribution is 2.20. The van der Waals surface area contributed by atoms with Gasteiger partial charge in [0.05, 0.1) is 10.9 Å². The number of hydroxylamine groups is 2. The molecule has 0 aliphatic carbocycles. The predicted molar refractivity (Wildman–Crippen MR) is 97.8 cm³/mol. The molecule has 142 valence electrons. The number of carbonyl (C=O) groups excluding carboxylic acids is 1. The summed E-state index contributed by atoms with van der Waals surface area (Å²) in [6.45, 7) is 4.67. The van der Waals surface area contributed by atoms with Crippen LogP contribution in [0.3, 0.4) is 0 Å². The zero-order valence-corrected chi connectivity index (χ0v) is 15.2. The molecule has 1 aromatic carbocycles. The van der Waals surface area contributed by atoms with Crippen LogP contribution in [0.25, 0.3) is 22.1 Å². The molecule has 2 atom stereocenters. The minimum absolute atomic E-state index is 0.0153. The van der Waals surface area contributed by atoms with E-state index in [1.165, 1.54) is 26.1 Å². The van der Waals surface area contributed by atoms with E-state index in [1.807, 2.05) is 13.0 Å². The minimum atomic E-state index is -1.21. The number of rotatable bonds is 5. The van der Waals surface area contributed by atoms with E-state index >= 15 is 0 Å². The van der Waals surface area contributed by atoms with Crippen molar-refractivity contribution in [2.24, 2.45) is 0 Å². The normalized spacial score (nSPS) is 13.9. The molecular formula is C19H20N2O6. The lowest BCUT2D eigenvalue weighted by molar-refractivity contribution is -0.256. The Morgan fingerprint density at radius 2 is 1.93 bits per heavy atom. The zero-order chi connectivity index (χ0) is 19.7. The van der Waals surface area contributed by atoms with Crippen LogP contribution in [0.15, 0.2) is 39.7 Å². The van der Waals surface area contributed by atoms with E-state index in [2.05, 4.69) is 4.98 Å². The van der Waals surface area contributed by atoms with Gasteiger partial charge in [0.1, 0.15) is 18.0 Å². The molecule has 0 saturated heterocycles. The molecule has 2 aromatic heterocycles. The number of aliphatic hydroxyl groups excluding tert-OH is 2. The number of nitrogens with zero attached hydrogens (tertiary/aromatic N) is 2. The van der Waals surface area contributed by atoms with Crippen LogP contribution in [-0.2, 0) is 11.3 Å². The Morgan fingerprint density at radius 3 is 2.56 bits per heavy atom. The molecule has 0 radical (unpaired) electrons. The number of aryl methyl sites for hydroxylation is 1. The highest BCUT2D eigenvalue weighted by atomic mass is 16.7. The fourth-order valence-corrected chi connectivity index (χ4v) is 2.73. The van der Waals surface area contributed by atoms with E-state index in [9.17, 15) is 19.8 Å². The first kappa shape index (κ1) is 19.0. The van der Waals surface area contributed by atoms with Crippen LogP contribution in [-0.4, -0.2) is 38.7 Å². The molecule has 8 nitrogen and oxygen atoms in total. The average Bonchev–Trinajstić information content (AvgIpc) is 2.64. The summed E-state index contributed by atoms with van der Waals surface area (Å²) in [7, 11) is 0. The van der Waals surface area contributed by atoms with Gasteiger partial charge in [-0.05, 0) is 44.0 Å². The lowest BCUT2D eigenvalue weighted by Crippen LogP contribution is -2.41. The monoisotopic (exact) mass is 372 g/mol. The summed E-state index contributed by atoms with van der Waals surface area (Å²) in [4.78, 5) is 34.0. The van der Waals surface area contributed by atoms with Crippen LogP contribution < -0.4 is 5.43 Å². The molecule has 2 N–H and O–H groups in total. The molecule has 3 rings (SSSR count). The van der Waals surface area contributed by atoms with Crippen molar-refractivity contribution in [1.29, 1.82) is 0 Å². The van der Waals surface area contributed by atoms with Crippen molar-refractivity contribution in [3.05, 3.63) is 51.8 Å². The molecule has 0 aliphatic heterocycles. The number of aromatic nitrogens is 1. The molecule has 8 heteroatoms. The van der Waals surface area contributed by atoms with Crippen molar-refractivity contribution in [1.82, 2.24) is 10.0 Å². The third-order valence-electron chi connectivity index (χ3n) is 4.15. The van der Waals surface area contributed by atoms with E-state index < -0.39 is 18.4 Å². The Hall–Kier alpha value is -2.81.